The van der Waals surface area contributed by atoms with Crippen molar-refractivity contribution in [1.82, 2.24) is 4.90 Å². The molecule has 1 unspecified atom stereocenters. The fourth-order valence-corrected chi connectivity index (χ4v) is 2.04. The van der Waals surface area contributed by atoms with Gasteiger partial charge in [0.1, 0.15) is 17.1 Å². The molecule has 1 aromatic carbocycles. The van der Waals surface area contributed by atoms with Crippen molar-refractivity contribution in [2.45, 2.75) is 12.5 Å². The Morgan fingerprint density at radius 1 is 1.58 bits per heavy atom. The van der Waals surface area contributed by atoms with Gasteiger partial charge >= 0.3 is 0 Å². The minimum absolute atomic E-state index is 0.0698. The Morgan fingerprint density at radius 3 is 2.79 bits per heavy atom. The molecule has 1 aliphatic rings. The van der Waals surface area contributed by atoms with Crippen LogP contribution in [-0.4, -0.2) is 40.0 Å². The highest BCUT2D eigenvalue weighted by atomic mass is 19.1. The monoisotopic (exact) mass is 269 g/mol. The standard InChI is InChI=1S/C11H12FN3O4/c12-7-1-2-8(15(18)19)10(13)9(7)11(17)14-4-3-6(16)5-14/h1-2,6,16H,3-5,13H2. The Bertz CT molecular complexity index is 549. The Labute approximate surface area is 107 Å². The molecule has 0 aromatic heterocycles. The van der Waals surface area contributed by atoms with Gasteiger partial charge in [-0.3, -0.25) is 14.9 Å². The lowest BCUT2D eigenvalue weighted by molar-refractivity contribution is -0.384. The summed E-state index contributed by atoms with van der Waals surface area (Å²) >= 11 is 0. The van der Waals surface area contributed by atoms with E-state index in [2.05, 4.69) is 0 Å². The maximum atomic E-state index is 13.7. The van der Waals surface area contributed by atoms with Crippen LogP contribution in [0.2, 0.25) is 0 Å². The number of nitrogen functional groups attached to an aromatic ring is 1. The number of nitrogens with two attached hydrogens (primary N) is 1. The summed E-state index contributed by atoms with van der Waals surface area (Å²) in [7, 11) is 0. The quantitative estimate of drug-likeness (QED) is 0.462. The van der Waals surface area contributed by atoms with Crippen LogP contribution in [0.25, 0.3) is 0 Å². The van der Waals surface area contributed by atoms with Gasteiger partial charge in [0, 0.05) is 19.2 Å². The number of hydrogen-bond acceptors (Lipinski definition) is 5. The first-order valence-electron chi connectivity index (χ1n) is 5.61. The SMILES string of the molecule is Nc1c([N+](=O)[O-])ccc(F)c1C(=O)N1CCC(O)C1. The molecule has 1 fully saturated rings. The zero-order chi connectivity index (χ0) is 14.2. The number of carbonyl (C=O) groups is 1. The summed E-state index contributed by atoms with van der Waals surface area (Å²) in [6, 6.07) is 1.76. The number of aliphatic hydroxyl groups excluding tert-OH is 1. The number of amides is 1. The molecule has 0 spiro atoms. The molecule has 0 aliphatic carbocycles. The predicted octanol–water partition coefficient (Wildman–Crippen LogP) is 0.523. The lowest BCUT2D eigenvalue weighted by atomic mass is 10.1. The van der Waals surface area contributed by atoms with Crippen LogP contribution >= 0.6 is 0 Å². The van der Waals surface area contributed by atoms with Crippen molar-refractivity contribution < 1.29 is 19.2 Å². The van der Waals surface area contributed by atoms with Crippen molar-refractivity contribution in [3.8, 4) is 0 Å². The number of nitro benzene ring substituents is 1. The predicted molar refractivity (Wildman–Crippen MR) is 64.0 cm³/mol. The highest BCUT2D eigenvalue weighted by molar-refractivity contribution is 6.01. The van der Waals surface area contributed by atoms with Gasteiger partial charge in [0.05, 0.1) is 11.0 Å². The third kappa shape index (κ3) is 2.34. The zero-order valence-corrected chi connectivity index (χ0v) is 9.88. The van der Waals surface area contributed by atoms with Crippen molar-refractivity contribution in [2.75, 3.05) is 18.8 Å². The number of aliphatic hydroxyl groups is 1. The van der Waals surface area contributed by atoms with E-state index in [1.165, 1.54) is 4.90 Å². The number of benzene rings is 1. The minimum atomic E-state index is -0.908. The third-order valence-electron chi connectivity index (χ3n) is 3.03. The largest absolute Gasteiger partial charge is 0.392 e. The molecule has 1 amide bonds. The molecule has 1 atom stereocenters. The first-order valence-corrected chi connectivity index (χ1v) is 5.61. The molecule has 0 radical (unpaired) electrons. The van der Waals surface area contributed by atoms with Gasteiger partial charge in [0.15, 0.2) is 0 Å². The van der Waals surface area contributed by atoms with Crippen LogP contribution in [0.3, 0.4) is 0 Å². The number of carbonyl (C=O) groups excluding carboxylic acids is 1. The molecule has 2 rings (SSSR count). The van der Waals surface area contributed by atoms with Crippen molar-refractivity contribution in [3.05, 3.63) is 33.6 Å². The van der Waals surface area contributed by atoms with Gasteiger partial charge in [0.25, 0.3) is 11.6 Å². The first-order chi connectivity index (χ1) is 8.91. The highest BCUT2D eigenvalue weighted by Gasteiger charge is 2.31. The summed E-state index contributed by atoms with van der Waals surface area (Å²) in [6.45, 7) is 0.335. The molecule has 8 heteroatoms. The smallest absolute Gasteiger partial charge is 0.293 e. The summed E-state index contributed by atoms with van der Waals surface area (Å²) in [5.74, 6) is -1.65. The summed E-state index contributed by atoms with van der Waals surface area (Å²) in [5, 5.41) is 20.1. The van der Waals surface area contributed by atoms with E-state index in [0.717, 1.165) is 12.1 Å². The van der Waals surface area contributed by atoms with E-state index in [4.69, 9.17) is 5.73 Å². The van der Waals surface area contributed by atoms with Crippen LogP contribution in [0.1, 0.15) is 16.8 Å². The number of nitro groups is 1. The van der Waals surface area contributed by atoms with Crippen LogP contribution in [0, 0.1) is 15.9 Å². The molecular formula is C11H12FN3O4. The van der Waals surface area contributed by atoms with E-state index in [-0.39, 0.29) is 13.1 Å². The van der Waals surface area contributed by atoms with Gasteiger partial charge in [-0.1, -0.05) is 0 Å². The van der Waals surface area contributed by atoms with E-state index in [9.17, 15) is 24.4 Å². The molecule has 1 aromatic rings. The maximum Gasteiger partial charge on any atom is 0.293 e. The number of β-amino-alcohol motifs (C(OH)–C–C–N with tert-alkyl or cyclic N) is 1. The van der Waals surface area contributed by atoms with Crippen LogP contribution in [0.5, 0.6) is 0 Å². The van der Waals surface area contributed by atoms with Gasteiger partial charge in [-0.15, -0.1) is 0 Å². The molecule has 1 heterocycles. The summed E-state index contributed by atoms with van der Waals surface area (Å²) < 4.78 is 13.7. The fourth-order valence-electron chi connectivity index (χ4n) is 2.04. The van der Waals surface area contributed by atoms with Crippen molar-refractivity contribution in [3.63, 3.8) is 0 Å². The van der Waals surface area contributed by atoms with Gasteiger partial charge in [0.2, 0.25) is 0 Å². The molecule has 0 bridgehead atoms. The van der Waals surface area contributed by atoms with Gasteiger partial charge in [-0.25, -0.2) is 4.39 Å². The van der Waals surface area contributed by atoms with Crippen LogP contribution < -0.4 is 5.73 Å². The molecular weight excluding hydrogens is 257 g/mol. The molecule has 0 saturated carbocycles. The number of anilines is 1. The second-order valence-corrected chi connectivity index (χ2v) is 4.31. The average molecular weight is 269 g/mol. The highest BCUT2D eigenvalue weighted by Crippen LogP contribution is 2.29. The Balaban J connectivity index is 2.41. The van der Waals surface area contributed by atoms with E-state index in [1.54, 1.807) is 0 Å². The average Bonchev–Trinajstić information content (AvgIpc) is 2.75. The van der Waals surface area contributed by atoms with E-state index >= 15 is 0 Å². The van der Waals surface area contributed by atoms with Gasteiger partial charge < -0.3 is 15.7 Å². The van der Waals surface area contributed by atoms with E-state index < -0.39 is 39.7 Å². The summed E-state index contributed by atoms with van der Waals surface area (Å²) in [5.41, 5.74) is 3.99. The Hall–Kier alpha value is -2.22. The molecule has 19 heavy (non-hydrogen) atoms. The van der Waals surface area contributed by atoms with Crippen molar-refractivity contribution in [2.24, 2.45) is 0 Å². The maximum absolute atomic E-state index is 13.7. The number of likely N-dealkylation sites (tertiary alicyclic amines) is 1. The van der Waals surface area contributed by atoms with Crippen LogP contribution in [0.4, 0.5) is 15.8 Å². The number of hydrogen-bond donors (Lipinski definition) is 2. The van der Waals surface area contributed by atoms with Crippen molar-refractivity contribution in [1.29, 1.82) is 0 Å². The topological polar surface area (TPSA) is 110 Å². The molecule has 7 nitrogen and oxygen atoms in total. The van der Waals surface area contributed by atoms with Crippen LogP contribution in [-0.2, 0) is 0 Å². The van der Waals surface area contributed by atoms with E-state index in [0.29, 0.717) is 6.42 Å². The van der Waals surface area contributed by atoms with Crippen LogP contribution in [0.15, 0.2) is 12.1 Å². The second kappa shape index (κ2) is 4.81. The van der Waals surface area contributed by atoms with E-state index in [1.807, 2.05) is 0 Å². The molecule has 102 valence electrons. The Kier molecular flexibility index (Phi) is 3.34. The number of rotatable bonds is 2. The number of halogens is 1. The van der Waals surface area contributed by atoms with Crippen molar-refractivity contribution >= 4 is 17.3 Å². The molecule has 1 saturated heterocycles. The Morgan fingerprint density at radius 2 is 2.26 bits per heavy atom. The number of nitrogens with zero attached hydrogens (tertiary/aromatic N) is 2. The lowest BCUT2D eigenvalue weighted by Crippen LogP contribution is -2.31. The lowest BCUT2D eigenvalue weighted by Gasteiger charge is -2.17. The fraction of sp³-hybridized carbons (Fsp3) is 0.364. The first kappa shape index (κ1) is 13.2. The zero-order valence-electron chi connectivity index (χ0n) is 9.88. The summed E-state index contributed by atoms with van der Waals surface area (Å²) in [4.78, 5) is 23.3. The molecule has 3 N–H and O–H groups in total. The normalized spacial score (nSPS) is 18.6. The second-order valence-electron chi connectivity index (χ2n) is 4.31. The van der Waals surface area contributed by atoms with Gasteiger partial charge in [-0.2, -0.15) is 0 Å². The third-order valence-corrected chi connectivity index (χ3v) is 3.03. The molecule has 1 aliphatic heterocycles. The minimum Gasteiger partial charge on any atom is -0.392 e. The van der Waals surface area contributed by atoms with Gasteiger partial charge in [-0.05, 0) is 12.5 Å². The summed E-state index contributed by atoms with van der Waals surface area (Å²) in [6.07, 6.45) is -0.269.